The average Bonchev–Trinajstić information content (AvgIpc) is 3.15. The Hall–Kier alpha value is -3.16. The molecule has 2 aliphatic heterocycles. The number of thioether (sulfide) groups is 1. The van der Waals surface area contributed by atoms with Crippen molar-refractivity contribution in [3.05, 3.63) is 82.4 Å². The molecule has 0 atom stereocenters. The van der Waals surface area contributed by atoms with Gasteiger partial charge in [-0.3, -0.25) is 10.2 Å². The molecule has 0 radical (unpaired) electrons. The molecule has 1 N–H and O–H groups in total. The zero-order valence-corrected chi connectivity index (χ0v) is 17.6. The fourth-order valence-corrected chi connectivity index (χ4v) is 4.02. The van der Waals surface area contributed by atoms with Crippen LogP contribution < -0.4 is 4.74 Å². The van der Waals surface area contributed by atoms with Gasteiger partial charge in [-0.15, -0.1) is 0 Å². The highest BCUT2D eigenvalue weighted by Crippen LogP contribution is 2.32. The number of nitrogens with one attached hydrogen (secondary N) is 1. The molecular weight excluding hydrogens is 420 g/mol. The van der Waals surface area contributed by atoms with Gasteiger partial charge in [-0.2, -0.15) is 15.1 Å². The highest BCUT2D eigenvalue weighted by molar-refractivity contribution is 8.27. The molecule has 0 aliphatic carbocycles. The lowest BCUT2D eigenvalue weighted by molar-refractivity contribution is -0.114. The summed E-state index contributed by atoms with van der Waals surface area (Å²) in [4.78, 5) is 16.8. The number of hydrazone groups is 1. The first-order valence-corrected chi connectivity index (χ1v) is 10.3. The molecule has 1 amide bonds. The molecule has 0 fully saturated rings. The summed E-state index contributed by atoms with van der Waals surface area (Å²) in [6, 6.07) is 13.0. The van der Waals surface area contributed by atoms with E-state index in [1.807, 2.05) is 31.2 Å². The van der Waals surface area contributed by atoms with Crippen molar-refractivity contribution in [2.24, 2.45) is 10.1 Å². The Morgan fingerprint density at radius 2 is 2.13 bits per heavy atom. The first-order chi connectivity index (χ1) is 14.5. The van der Waals surface area contributed by atoms with E-state index in [1.165, 1.54) is 16.8 Å². The van der Waals surface area contributed by atoms with Crippen molar-refractivity contribution >= 4 is 51.4 Å². The lowest BCUT2D eigenvalue weighted by Gasteiger charge is -2.20. The van der Waals surface area contributed by atoms with E-state index in [9.17, 15) is 4.79 Å². The molecule has 30 heavy (non-hydrogen) atoms. The van der Waals surface area contributed by atoms with Crippen LogP contribution in [0.4, 0.5) is 0 Å². The Balaban J connectivity index is 1.70. The number of aliphatic imine (C=N–C) groups is 1. The predicted octanol–water partition coefficient (Wildman–Crippen LogP) is 4.88. The third-order valence-corrected chi connectivity index (χ3v) is 5.54. The maximum absolute atomic E-state index is 12.7. The minimum atomic E-state index is -0.505. The molecule has 150 valence electrons. The van der Waals surface area contributed by atoms with Gasteiger partial charge in [0.1, 0.15) is 17.4 Å². The van der Waals surface area contributed by atoms with E-state index >= 15 is 0 Å². The molecule has 0 saturated carbocycles. The Labute approximate surface area is 183 Å². The molecule has 2 heterocycles. The minimum absolute atomic E-state index is 0.0465. The molecule has 0 saturated heterocycles. The smallest absolute Gasteiger partial charge is 0.283 e. The number of amides is 1. The van der Waals surface area contributed by atoms with Crippen LogP contribution in [-0.2, 0) is 4.79 Å². The number of benzene rings is 2. The number of hydrogen-bond acceptors (Lipinski definition) is 5. The quantitative estimate of drug-likeness (QED) is 0.535. The van der Waals surface area contributed by atoms with Crippen LogP contribution in [0, 0.1) is 12.3 Å². The Morgan fingerprint density at radius 3 is 2.90 bits per heavy atom. The lowest BCUT2D eigenvalue weighted by Crippen LogP contribution is -2.35. The van der Waals surface area contributed by atoms with Gasteiger partial charge in [0.05, 0.1) is 5.57 Å². The fraction of sp³-hybridized carbons (Fsp3) is 0.0909. The van der Waals surface area contributed by atoms with E-state index in [0.29, 0.717) is 33.2 Å². The molecule has 2 aliphatic rings. The molecule has 2 aromatic rings. The number of ether oxygens (including phenoxy) is 1. The van der Waals surface area contributed by atoms with Gasteiger partial charge < -0.3 is 4.74 Å². The molecule has 8 heteroatoms. The van der Waals surface area contributed by atoms with E-state index < -0.39 is 5.91 Å². The van der Waals surface area contributed by atoms with Crippen molar-refractivity contribution in [1.29, 1.82) is 5.41 Å². The highest BCUT2D eigenvalue weighted by atomic mass is 35.5. The van der Waals surface area contributed by atoms with Gasteiger partial charge in [-0.05, 0) is 49.0 Å². The number of halogens is 1. The zero-order valence-electron chi connectivity index (χ0n) is 16.1. The molecule has 4 rings (SSSR count). The van der Waals surface area contributed by atoms with E-state index in [1.54, 1.807) is 30.4 Å². The van der Waals surface area contributed by atoms with Crippen LogP contribution in [0.1, 0.15) is 16.7 Å². The van der Waals surface area contributed by atoms with Crippen molar-refractivity contribution in [2.75, 3.05) is 6.61 Å². The SMILES string of the molecule is C=CCOc1ccc(Cl)cc1/C=C1\C(=N)N2N=C(c3cccc(C)c3)SC2=NC1=O. The van der Waals surface area contributed by atoms with Crippen molar-refractivity contribution in [3.8, 4) is 5.75 Å². The van der Waals surface area contributed by atoms with E-state index in [2.05, 4.69) is 16.7 Å². The number of amidine groups is 2. The van der Waals surface area contributed by atoms with Crippen LogP contribution in [0.25, 0.3) is 6.08 Å². The van der Waals surface area contributed by atoms with Crippen molar-refractivity contribution < 1.29 is 9.53 Å². The van der Waals surface area contributed by atoms with Crippen molar-refractivity contribution in [1.82, 2.24) is 5.01 Å². The summed E-state index contributed by atoms with van der Waals surface area (Å²) >= 11 is 7.39. The van der Waals surface area contributed by atoms with Crippen LogP contribution in [0.5, 0.6) is 5.75 Å². The van der Waals surface area contributed by atoms with E-state index in [-0.39, 0.29) is 11.4 Å². The Bertz CT molecular complexity index is 1170. The fourth-order valence-electron chi connectivity index (χ4n) is 2.95. The largest absolute Gasteiger partial charge is 0.489 e. The summed E-state index contributed by atoms with van der Waals surface area (Å²) in [5.41, 5.74) is 2.70. The van der Waals surface area contributed by atoms with Crippen LogP contribution in [0.2, 0.25) is 5.02 Å². The number of aryl methyl sites for hydroxylation is 1. The van der Waals surface area contributed by atoms with Gasteiger partial charge in [0.25, 0.3) is 5.91 Å². The second-order valence-corrected chi connectivity index (χ2v) is 7.97. The molecule has 0 aromatic heterocycles. The summed E-state index contributed by atoms with van der Waals surface area (Å²) in [5.74, 6) is -0.0224. The number of nitrogens with zero attached hydrogens (tertiary/aromatic N) is 3. The number of rotatable bonds is 5. The zero-order chi connectivity index (χ0) is 21.3. The number of fused-ring (bicyclic) bond motifs is 1. The summed E-state index contributed by atoms with van der Waals surface area (Å²) in [7, 11) is 0. The maximum Gasteiger partial charge on any atom is 0.283 e. The molecular formula is C22H17ClN4O2S. The minimum Gasteiger partial charge on any atom is -0.489 e. The second-order valence-electron chi connectivity index (χ2n) is 6.58. The molecule has 0 bridgehead atoms. The van der Waals surface area contributed by atoms with Gasteiger partial charge in [0.15, 0.2) is 5.84 Å². The third kappa shape index (κ3) is 3.94. The first-order valence-electron chi connectivity index (χ1n) is 9.07. The van der Waals surface area contributed by atoms with Crippen LogP contribution in [-0.4, -0.2) is 33.6 Å². The predicted molar refractivity (Wildman–Crippen MR) is 122 cm³/mol. The number of carbonyl (C=O) groups is 1. The van der Waals surface area contributed by atoms with Gasteiger partial charge >= 0.3 is 0 Å². The molecule has 6 nitrogen and oxygen atoms in total. The van der Waals surface area contributed by atoms with Crippen molar-refractivity contribution in [3.63, 3.8) is 0 Å². The lowest BCUT2D eigenvalue weighted by atomic mass is 10.1. The number of carbonyl (C=O) groups excluding carboxylic acids is 1. The normalized spacial score (nSPS) is 17.0. The van der Waals surface area contributed by atoms with Crippen LogP contribution >= 0.6 is 23.4 Å². The van der Waals surface area contributed by atoms with Gasteiger partial charge in [0, 0.05) is 16.1 Å². The van der Waals surface area contributed by atoms with E-state index in [0.717, 1.165) is 11.1 Å². The topological polar surface area (TPSA) is 78.1 Å². The Morgan fingerprint density at radius 1 is 1.30 bits per heavy atom. The summed E-state index contributed by atoms with van der Waals surface area (Å²) in [6.07, 6.45) is 3.18. The van der Waals surface area contributed by atoms with Gasteiger partial charge in [-0.1, -0.05) is 48.0 Å². The van der Waals surface area contributed by atoms with Gasteiger partial charge in [-0.25, -0.2) is 0 Å². The van der Waals surface area contributed by atoms with Crippen molar-refractivity contribution in [2.45, 2.75) is 6.92 Å². The molecule has 2 aromatic carbocycles. The monoisotopic (exact) mass is 436 g/mol. The maximum atomic E-state index is 12.7. The van der Waals surface area contributed by atoms with Crippen LogP contribution in [0.15, 0.2) is 70.8 Å². The first kappa shape index (κ1) is 20.1. The molecule has 0 unspecified atom stereocenters. The summed E-state index contributed by atoms with van der Waals surface area (Å²) < 4.78 is 5.64. The third-order valence-electron chi connectivity index (χ3n) is 4.35. The standard InChI is InChI=1S/C22H17ClN4O2S/c1-3-9-29-18-8-7-16(23)11-15(18)12-17-19(24)27-22(25-20(17)28)30-21(26-27)14-6-4-5-13(2)10-14/h3-8,10-12,24H,1,9H2,2H3/b17-12+,24-19?. The highest BCUT2D eigenvalue weighted by Gasteiger charge is 2.36. The Kier molecular flexibility index (Phi) is 5.57. The second kappa shape index (κ2) is 8.30. The van der Waals surface area contributed by atoms with E-state index in [4.69, 9.17) is 21.7 Å². The van der Waals surface area contributed by atoms with Gasteiger partial charge in [0.2, 0.25) is 5.17 Å². The average molecular weight is 437 g/mol. The number of hydrogen-bond donors (Lipinski definition) is 1. The van der Waals surface area contributed by atoms with Crippen LogP contribution in [0.3, 0.4) is 0 Å². The summed E-state index contributed by atoms with van der Waals surface area (Å²) in [5, 5.41) is 16.0. The summed E-state index contributed by atoms with van der Waals surface area (Å²) in [6.45, 7) is 5.94. The molecule has 0 spiro atoms.